The Morgan fingerprint density at radius 2 is 1.53 bits per heavy atom. The van der Waals surface area contributed by atoms with Crippen LogP contribution in [0.3, 0.4) is 0 Å². The second-order valence-electron chi connectivity index (χ2n) is 8.36. The Balaban J connectivity index is 0.000000455. The number of ether oxygens (including phenoxy) is 1. The first-order chi connectivity index (χ1) is 16.9. The first-order valence-corrected chi connectivity index (χ1v) is 13.0. The molecule has 1 N–H and O–H groups in total. The molecule has 1 unspecified atom stereocenters. The van der Waals surface area contributed by atoms with Gasteiger partial charge in [0.1, 0.15) is 22.9 Å². The third-order valence-electron chi connectivity index (χ3n) is 6.08. The van der Waals surface area contributed by atoms with Crippen LogP contribution < -0.4 is 4.18 Å². The maximum atomic E-state index is 13.1. The topological polar surface area (TPSA) is 72.8 Å². The molecule has 2 bridgehead atoms. The van der Waals surface area contributed by atoms with Gasteiger partial charge in [-0.1, -0.05) is 29.8 Å². The van der Waals surface area contributed by atoms with E-state index in [1.807, 2.05) is 69.9 Å². The van der Waals surface area contributed by atoms with E-state index in [-0.39, 0.29) is 34.7 Å². The summed E-state index contributed by atoms with van der Waals surface area (Å²) in [6, 6.07) is 13.2. The van der Waals surface area contributed by atoms with Gasteiger partial charge in [-0.25, -0.2) is 0 Å². The van der Waals surface area contributed by atoms with Gasteiger partial charge in [-0.15, -0.1) is 0 Å². The van der Waals surface area contributed by atoms with Crippen molar-refractivity contribution in [3.63, 3.8) is 0 Å². The van der Waals surface area contributed by atoms with Crippen LogP contribution in [0.5, 0.6) is 11.5 Å². The minimum absolute atomic E-state index is 0. The summed E-state index contributed by atoms with van der Waals surface area (Å²) in [6.45, 7) is 0. The molecule has 2 aromatic carbocycles. The third kappa shape index (κ3) is 5.97. The van der Waals surface area contributed by atoms with Gasteiger partial charge in [-0.3, -0.25) is 0 Å². The fourth-order valence-electron chi connectivity index (χ4n) is 4.58. The summed E-state index contributed by atoms with van der Waals surface area (Å²) in [5.74, 6) is 1.28. The Bertz CT molecular complexity index is 1160. The van der Waals surface area contributed by atoms with Gasteiger partial charge in [0.25, 0.3) is 0 Å². The zero-order valence-corrected chi connectivity index (χ0v) is 21.7. The molecule has 6 rings (SSSR count). The van der Waals surface area contributed by atoms with Crippen LogP contribution in [0.2, 0.25) is 5.02 Å². The Labute approximate surface area is 229 Å². The van der Waals surface area contributed by atoms with Gasteiger partial charge >= 0.3 is 27.2 Å². The average molecular weight is 563 g/mol. The van der Waals surface area contributed by atoms with Gasteiger partial charge in [-0.05, 0) is 98.8 Å². The number of benzene rings is 2. The van der Waals surface area contributed by atoms with E-state index in [0.29, 0.717) is 11.4 Å². The number of aromatic hydroxyl groups is 1. The smallest absolute Gasteiger partial charge is 0.508 e. The first kappa shape index (κ1) is 27.5. The summed E-state index contributed by atoms with van der Waals surface area (Å²) in [5, 5.41) is 9.21. The van der Waals surface area contributed by atoms with Crippen molar-refractivity contribution in [2.24, 2.45) is 0 Å². The average Bonchev–Trinajstić information content (AvgIpc) is 3.65. The standard InChI is InChI=1S/C23H18ClO5S.C5H5.Fe/c24-16-6-3-7-18(12-16)29-30(26,27)20-13-19-21(15-8-10-17(25)11-9-15)22(23(20)28-19)14-4-1-2-5-14;1-2-4-5-3-1;/h1-12,19-20,23,25H,13H2;1-5H;/q;;+2/t19-,20?,23+;;/m1../s1. The number of phenols is 1. The zero-order valence-electron chi connectivity index (χ0n) is 19.0. The van der Waals surface area contributed by atoms with E-state index < -0.39 is 21.5 Å². The molecule has 184 valence electrons. The molecular weight excluding hydrogens is 540 g/mol. The molecule has 5 nitrogen and oxygen atoms in total. The second-order valence-corrected chi connectivity index (χ2v) is 10.6. The zero-order chi connectivity index (χ0) is 24.4. The van der Waals surface area contributed by atoms with Crippen molar-refractivity contribution in [3.8, 4) is 11.5 Å². The summed E-state index contributed by atoms with van der Waals surface area (Å²) in [4.78, 5) is 0. The Morgan fingerprint density at radius 1 is 0.889 bits per heavy atom. The predicted octanol–water partition coefficient (Wildman–Crippen LogP) is 5.17. The van der Waals surface area contributed by atoms with E-state index >= 15 is 0 Å². The van der Waals surface area contributed by atoms with E-state index in [9.17, 15) is 13.5 Å². The summed E-state index contributed by atoms with van der Waals surface area (Å²) >= 11 is 5.96. The molecule has 0 aromatic heterocycles. The summed E-state index contributed by atoms with van der Waals surface area (Å²) < 4.78 is 37.7. The van der Waals surface area contributed by atoms with Crippen molar-refractivity contribution in [3.05, 3.63) is 128 Å². The quantitative estimate of drug-likeness (QED) is 0.402. The summed E-state index contributed by atoms with van der Waals surface area (Å²) in [7, 11) is -3.95. The van der Waals surface area contributed by atoms with Crippen molar-refractivity contribution in [1.29, 1.82) is 0 Å². The van der Waals surface area contributed by atoms with Crippen molar-refractivity contribution in [1.82, 2.24) is 0 Å². The number of rotatable bonds is 5. The fourth-order valence-corrected chi connectivity index (χ4v) is 6.17. The van der Waals surface area contributed by atoms with E-state index in [2.05, 4.69) is 0 Å². The van der Waals surface area contributed by atoms with Crippen LogP contribution >= 0.6 is 11.6 Å². The monoisotopic (exact) mass is 562 g/mol. The number of fused-ring (bicyclic) bond motifs is 2. The predicted molar refractivity (Wildman–Crippen MR) is 135 cm³/mol. The van der Waals surface area contributed by atoms with Crippen LogP contribution in [-0.4, -0.2) is 31.0 Å². The molecule has 36 heavy (non-hydrogen) atoms. The Morgan fingerprint density at radius 3 is 2.14 bits per heavy atom. The van der Waals surface area contributed by atoms with Gasteiger partial charge in [0.2, 0.25) is 0 Å². The second kappa shape index (κ2) is 11.9. The fraction of sp³-hybridized carbons (Fsp3) is 0.143. The molecule has 2 aliphatic carbocycles. The van der Waals surface area contributed by atoms with Crippen molar-refractivity contribution in [2.45, 2.75) is 23.9 Å². The molecule has 2 saturated carbocycles. The maximum absolute atomic E-state index is 13.1. The van der Waals surface area contributed by atoms with E-state index in [1.165, 1.54) is 6.07 Å². The molecule has 2 aromatic rings. The van der Waals surface area contributed by atoms with Crippen molar-refractivity contribution in [2.75, 3.05) is 0 Å². The van der Waals surface area contributed by atoms with Crippen LogP contribution in [-0.2, 0) is 31.9 Å². The molecule has 10 radical (unpaired) electrons. The van der Waals surface area contributed by atoms with Crippen LogP contribution in [0.15, 0.2) is 54.1 Å². The molecule has 2 heterocycles. The number of phenolic OH excluding ortho intramolecular Hbond substituents is 1. The van der Waals surface area contributed by atoms with Crippen molar-refractivity contribution < 1.29 is 39.5 Å². The number of halogens is 1. The van der Waals surface area contributed by atoms with Crippen LogP contribution in [0.25, 0.3) is 5.57 Å². The van der Waals surface area contributed by atoms with E-state index in [4.69, 9.17) is 20.5 Å². The number of hydrogen-bond acceptors (Lipinski definition) is 5. The molecule has 0 amide bonds. The molecule has 0 spiro atoms. The maximum Gasteiger partial charge on any atom is 2.00 e. The first-order valence-electron chi connectivity index (χ1n) is 11.2. The molecular formula is C28H23ClFeO5S+2. The summed E-state index contributed by atoms with van der Waals surface area (Å²) in [6.07, 6.45) is 17.0. The SMILES string of the molecule is O=S(=O)(Oc1cccc(Cl)c1)C1C[C@H]2O[C@@H]1C([C]1[CH][CH][CH][CH]1)=C2c1ccc(O)cc1.[CH]1[CH][CH][CH][CH]1.[Fe+2]. The van der Waals surface area contributed by atoms with Gasteiger partial charge < -0.3 is 14.0 Å². The van der Waals surface area contributed by atoms with Gasteiger partial charge in [-0.2, -0.15) is 8.42 Å². The minimum Gasteiger partial charge on any atom is -0.508 e. The molecule has 3 atom stereocenters. The Kier molecular flexibility index (Phi) is 9.11. The minimum atomic E-state index is -3.95. The van der Waals surface area contributed by atoms with Crippen molar-refractivity contribution >= 4 is 27.3 Å². The third-order valence-corrected chi connectivity index (χ3v) is 7.92. The van der Waals surface area contributed by atoms with Gasteiger partial charge in [0.15, 0.2) is 0 Å². The van der Waals surface area contributed by atoms with E-state index in [0.717, 1.165) is 22.6 Å². The Hall–Kier alpha value is -1.50. The largest absolute Gasteiger partial charge is 2.00 e. The van der Waals surface area contributed by atoms with Crippen LogP contribution in [0.4, 0.5) is 0 Å². The van der Waals surface area contributed by atoms with Crippen LogP contribution in [0.1, 0.15) is 12.0 Å². The molecule has 1 saturated heterocycles. The van der Waals surface area contributed by atoms with Gasteiger partial charge in [0, 0.05) is 23.4 Å². The van der Waals surface area contributed by atoms with Crippen LogP contribution in [0, 0.1) is 63.7 Å². The van der Waals surface area contributed by atoms with E-state index in [1.54, 1.807) is 30.3 Å². The number of hydrogen-bond donors (Lipinski definition) is 1. The molecule has 4 aliphatic rings. The molecule has 8 heteroatoms. The van der Waals surface area contributed by atoms with Gasteiger partial charge in [0.05, 0.1) is 6.10 Å². The summed E-state index contributed by atoms with van der Waals surface area (Å²) in [5.41, 5.74) is 2.72. The molecule has 2 aliphatic heterocycles. The molecule has 3 fully saturated rings. The normalized spacial score (nSPS) is 25.4.